The molecule has 3 heteroatoms. The topological polar surface area (TPSA) is 38.3 Å². The molecule has 0 aliphatic rings. The molecule has 2 aromatic rings. The van der Waals surface area contributed by atoms with E-state index in [9.17, 15) is 0 Å². The lowest BCUT2D eigenvalue weighted by Gasteiger charge is -2.12. The maximum absolute atomic E-state index is 5.75. The van der Waals surface area contributed by atoms with Crippen molar-refractivity contribution < 1.29 is 8.83 Å². The Morgan fingerprint density at radius 2 is 2.06 bits per heavy atom. The maximum Gasteiger partial charge on any atom is 0.128 e. The SMILES string of the molecule is CCNC(c1ccco1)c1ccc(CC)o1. The monoisotopic (exact) mass is 219 g/mol. The molecule has 3 nitrogen and oxygen atoms in total. The van der Waals surface area contributed by atoms with Gasteiger partial charge in [-0.1, -0.05) is 13.8 Å². The molecule has 0 bridgehead atoms. The average Bonchev–Trinajstić information content (AvgIpc) is 2.97. The van der Waals surface area contributed by atoms with E-state index in [1.807, 2.05) is 24.3 Å². The van der Waals surface area contributed by atoms with E-state index in [2.05, 4.69) is 19.2 Å². The first-order chi connectivity index (χ1) is 7.85. The van der Waals surface area contributed by atoms with Crippen LogP contribution in [0.25, 0.3) is 0 Å². The molecule has 2 heterocycles. The zero-order valence-electron chi connectivity index (χ0n) is 9.69. The van der Waals surface area contributed by atoms with E-state index >= 15 is 0 Å². The van der Waals surface area contributed by atoms with Crippen LogP contribution in [0, 0.1) is 0 Å². The molecule has 0 fully saturated rings. The van der Waals surface area contributed by atoms with E-state index in [0.717, 1.165) is 30.2 Å². The highest BCUT2D eigenvalue weighted by molar-refractivity contribution is 5.20. The predicted molar refractivity (Wildman–Crippen MR) is 62.3 cm³/mol. The fraction of sp³-hybridized carbons (Fsp3) is 0.385. The summed E-state index contributed by atoms with van der Waals surface area (Å²) in [6, 6.07) is 7.89. The molecule has 0 aliphatic carbocycles. The van der Waals surface area contributed by atoms with Gasteiger partial charge in [-0.25, -0.2) is 0 Å². The van der Waals surface area contributed by atoms with Gasteiger partial charge in [0, 0.05) is 6.42 Å². The van der Waals surface area contributed by atoms with Gasteiger partial charge in [-0.3, -0.25) is 0 Å². The largest absolute Gasteiger partial charge is 0.467 e. The third-order valence-corrected chi connectivity index (χ3v) is 2.55. The Hall–Kier alpha value is -1.48. The Morgan fingerprint density at radius 3 is 2.62 bits per heavy atom. The lowest BCUT2D eigenvalue weighted by molar-refractivity contribution is 0.381. The van der Waals surface area contributed by atoms with E-state index in [1.165, 1.54) is 0 Å². The summed E-state index contributed by atoms with van der Waals surface area (Å²) in [6.07, 6.45) is 2.60. The van der Waals surface area contributed by atoms with E-state index in [1.54, 1.807) is 6.26 Å². The molecule has 0 amide bonds. The number of hydrogen-bond acceptors (Lipinski definition) is 3. The van der Waals surface area contributed by atoms with Gasteiger partial charge in [-0.15, -0.1) is 0 Å². The molecule has 1 unspecified atom stereocenters. The second-order valence-electron chi connectivity index (χ2n) is 3.66. The minimum Gasteiger partial charge on any atom is -0.467 e. The van der Waals surface area contributed by atoms with Crippen LogP contribution in [0.1, 0.15) is 37.2 Å². The van der Waals surface area contributed by atoms with Crippen LogP contribution < -0.4 is 5.32 Å². The molecule has 2 aromatic heterocycles. The second-order valence-corrected chi connectivity index (χ2v) is 3.66. The van der Waals surface area contributed by atoms with Crippen LogP contribution in [-0.2, 0) is 6.42 Å². The standard InChI is InChI=1S/C13H17NO2/c1-3-10-7-8-12(16-10)13(14-4-2)11-6-5-9-15-11/h5-9,13-14H,3-4H2,1-2H3. The van der Waals surface area contributed by atoms with Gasteiger partial charge in [0.25, 0.3) is 0 Å². The van der Waals surface area contributed by atoms with Crippen molar-refractivity contribution in [3.63, 3.8) is 0 Å². The van der Waals surface area contributed by atoms with Crippen LogP contribution in [0.3, 0.4) is 0 Å². The third-order valence-electron chi connectivity index (χ3n) is 2.55. The van der Waals surface area contributed by atoms with E-state index in [0.29, 0.717) is 0 Å². The number of aryl methyl sites for hydroxylation is 1. The van der Waals surface area contributed by atoms with Crippen molar-refractivity contribution in [1.29, 1.82) is 0 Å². The fourth-order valence-electron chi connectivity index (χ4n) is 1.74. The summed E-state index contributed by atoms with van der Waals surface area (Å²) in [6.45, 7) is 5.02. The minimum atomic E-state index is 0.0142. The van der Waals surface area contributed by atoms with Gasteiger partial charge in [0.15, 0.2) is 0 Å². The predicted octanol–water partition coefficient (Wildman–Crippen LogP) is 3.13. The summed E-state index contributed by atoms with van der Waals surface area (Å²) in [4.78, 5) is 0. The highest BCUT2D eigenvalue weighted by Gasteiger charge is 2.18. The quantitative estimate of drug-likeness (QED) is 0.839. The Kier molecular flexibility index (Phi) is 3.47. The Labute approximate surface area is 95.5 Å². The molecule has 2 rings (SSSR count). The van der Waals surface area contributed by atoms with Crippen molar-refractivity contribution in [2.45, 2.75) is 26.3 Å². The number of hydrogen-bond donors (Lipinski definition) is 1. The lowest BCUT2D eigenvalue weighted by Crippen LogP contribution is -2.20. The van der Waals surface area contributed by atoms with Crippen molar-refractivity contribution in [3.05, 3.63) is 47.8 Å². The highest BCUT2D eigenvalue weighted by Crippen LogP contribution is 2.24. The maximum atomic E-state index is 5.75. The van der Waals surface area contributed by atoms with Gasteiger partial charge < -0.3 is 14.2 Å². The van der Waals surface area contributed by atoms with Crippen molar-refractivity contribution >= 4 is 0 Å². The fourth-order valence-corrected chi connectivity index (χ4v) is 1.74. The van der Waals surface area contributed by atoms with Crippen LogP contribution in [0.5, 0.6) is 0 Å². The number of furan rings is 2. The summed E-state index contributed by atoms with van der Waals surface area (Å²) in [5.74, 6) is 2.80. The smallest absolute Gasteiger partial charge is 0.128 e. The van der Waals surface area contributed by atoms with Crippen LogP contribution in [0.15, 0.2) is 39.4 Å². The summed E-state index contributed by atoms with van der Waals surface area (Å²) in [5, 5.41) is 3.35. The second kappa shape index (κ2) is 5.03. The summed E-state index contributed by atoms with van der Waals surface area (Å²) in [7, 11) is 0. The van der Waals surface area contributed by atoms with Gasteiger partial charge in [-0.2, -0.15) is 0 Å². The molecule has 86 valence electrons. The molecule has 0 aromatic carbocycles. The summed E-state index contributed by atoms with van der Waals surface area (Å²) >= 11 is 0. The molecule has 1 N–H and O–H groups in total. The Balaban J connectivity index is 2.25. The van der Waals surface area contributed by atoms with Gasteiger partial charge in [0.05, 0.1) is 6.26 Å². The zero-order chi connectivity index (χ0) is 11.4. The zero-order valence-corrected chi connectivity index (χ0v) is 9.69. The molecule has 0 spiro atoms. The normalized spacial score (nSPS) is 12.9. The molecule has 0 radical (unpaired) electrons. The molecule has 1 atom stereocenters. The first-order valence-corrected chi connectivity index (χ1v) is 5.70. The summed E-state index contributed by atoms with van der Waals surface area (Å²) in [5.41, 5.74) is 0. The minimum absolute atomic E-state index is 0.0142. The molecule has 0 saturated carbocycles. The van der Waals surface area contributed by atoms with Gasteiger partial charge in [0.1, 0.15) is 23.3 Å². The van der Waals surface area contributed by atoms with Crippen molar-refractivity contribution in [2.75, 3.05) is 6.54 Å². The van der Waals surface area contributed by atoms with Crippen LogP contribution in [0.2, 0.25) is 0 Å². The molecule has 16 heavy (non-hydrogen) atoms. The molecule has 0 aliphatic heterocycles. The molecular weight excluding hydrogens is 202 g/mol. The molecule has 0 saturated heterocycles. The van der Waals surface area contributed by atoms with Crippen LogP contribution >= 0.6 is 0 Å². The van der Waals surface area contributed by atoms with Crippen molar-refractivity contribution in [3.8, 4) is 0 Å². The van der Waals surface area contributed by atoms with E-state index in [4.69, 9.17) is 8.83 Å². The Bertz CT molecular complexity index is 417. The van der Waals surface area contributed by atoms with Crippen LogP contribution in [0.4, 0.5) is 0 Å². The van der Waals surface area contributed by atoms with E-state index in [-0.39, 0.29) is 6.04 Å². The van der Waals surface area contributed by atoms with Crippen molar-refractivity contribution in [1.82, 2.24) is 5.32 Å². The third kappa shape index (κ3) is 2.19. The first kappa shape index (κ1) is 11.0. The summed E-state index contributed by atoms with van der Waals surface area (Å²) < 4.78 is 11.2. The van der Waals surface area contributed by atoms with Gasteiger partial charge in [0.2, 0.25) is 0 Å². The average molecular weight is 219 g/mol. The lowest BCUT2D eigenvalue weighted by atomic mass is 10.1. The van der Waals surface area contributed by atoms with Gasteiger partial charge >= 0.3 is 0 Å². The Morgan fingerprint density at radius 1 is 1.19 bits per heavy atom. The van der Waals surface area contributed by atoms with Crippen LogP contribution in [-0.4, -0.2) is 6.54 Å². The first-order valence-electron chi connectivity index (χ1n) is 5.70. The van der Waals surface area contributed by atoms with Crippen molar-refractivity contribution in [2.24, 2.45) is 0 Å². The molecular formula is C13H17NO2. The number of rotatable bonds is 5. The van der Waals surface area contributed by atoms with E-state index < -0.39 is 0 Å². The van der Waals surface area contributed by atoms with Gasteiger partial charge in [-0.05, 0) is 30.8 Å². The number of nitrogens with one attached hydrogen (secondary N) is 1. The highest BCUT2D eigenvalue weighted by atomic mass is 16.4.